The van der Waals surface area contributed by atoms with E-state index in [9.17, 15) is 14.7 Å². The second-order valence-corrected chi connectivity index (χ2v) is 8.91. The number of anilines is 1. The molecule has 2 bridgehead atoms. The maximum Gasteiger partial charge on any atom is 0.414 e. The first kappa shape index (κ1) is 22.1. The SMILES string of the molecule is O=C(O)c1ccc(CN(C(=O)O[C@H]2CN3CCC2CC3)c2cccc(-c3ccccn3)c2)cc1. The summed E-state index contributed by atoms with van der Waals surface area (Å²) in [6.45, 7) is 3.20. The lowest BCUT2D eigenvalue weighted by atomic mass is 9.86. The number of ether oxygens (including phenoxy) is 1. The predicted molar refractivity (Wildman–Crippen MR) is 129 cm³/mol. The first-order chi connectivity index (χ1) is 16.6. The van der Waals surface area contributed by atoms with Gasteiger partial charge in [0.05, 0.1) is 17.8 Å². The van der Waals surface area contributed by atoms with E-state index in [0.29, 0.717) is 11.6 Å². The normalized spacial score (nSPS) is 21.1. The molecule has 174 valence electrons. The van der Waals surface area contributed by atoms with Gasteiger partial charge in [-0.25, -0.2) is 9.59 Å². The van der Waals surface area contributed by atoms with Gasteiger partial charge in [0.2, 0.25) is 0 Å². The minimum absolute atomic E-state index is 0.106. The van der Waals surface area contributed by atoms with E-state index in [1.165, 1.54) is 0 Å². The van der Waals surface area contributed by atoms with Crippen LogP contribution in [0.2, 0.25) is 0 Å². The molecule has 1 N–H and O–H groups in total. The van der Waals surface area contributed by atoms with Crippen molar-refractivity contribution in [2.24, 2.45) is 5.92 Å². The van der Waals surface area contributed by atoms with Crippen LogP contribution in [0.5, 0.6) is 0 Å². The Kier molecular flexibility index (Phi) is 6.27. The van der Waals surface area contributed by atoms with Crippen molar-refractivity contribution in [3.05, 3.63) is 84.1 Å². The Balaban J connectivity index is 1.43. The summed E-state index contributed by atoms with van der Waals surface area (Å²) in [5.41, 5.74) is 3.46. The molecule has 7 heteroatoms. The zero-order valence-corrected chi connectivity index (χ0v) is 18.8. The summed E-state index contributed by atoms with van der Waals surface area (Å²) in [5.74, 6) is -0.571. The highest BCUT2D eigenvalue weighted by atomic mass is 16.6. The quantitative estimate of drug-likeness (QED) is 0.579. The van der Waals surface area contributed by atoms with Crippen LogP contribution in [0.15, 0.2) is 72.9 Å². The molecular formula is C27H27N3O4. The van der Waals surface area contributed by atoms with Gasteiger partial charge in [0, 0.05) is 24.0 Å². The summed E-state index contributed by atoms with van der Waals surface area (Å²) in [6, 6.07) is 20.0. The van der Waals surface area contributed by atoms with Crippen LogP contribution in [0.4, 0.5) is 10.5 Å². The van der Waals surface area contributed by atoms with Gasteiger partial charge in [-0.15, -0.1) is 0 Å². The van der Waals surface area contributed by atoms with Gasteiger partial charge in [0.1, 0.15) is 6.10 Å². The molecule has 0 radical (unpaired) electrons. The fourth-order valence-corrected chi connectivity index (χ4v) is 4.80. The molecule has 7 nitrogen and oxygen atoms in total. The summed E-state index contributed by atoms with van der Waals surface area (Å²) in [5, 5.41) is 9.20. The first-order valence-corrected chi connectivity index (χ1v) is 11.6. The number of aromatic carboxylic acids is 1. The van der Waals surface area contributed by atoms with Gasteiger partial charge in [0.25, 0.3) is 0 Å². The van der Waals surface area contributed by atoms with Gasteiger partial charge < -0.3 is 9.84 Å². The monoisotopic (exact) mass is 457 g/mol. The number of amides is 1. The number of fused-ring (bicyclic) bond motifs is 3. The number of hydrogen-bond acceptors (Lipinski definition) is 5. The molecule has 6 rings (SSSR count). The van der Waals surface area contributed by atoms with Gasteiger partial charge in [-0.3, -0.25) is 14.8 Å². The fraction of sp³-hybridized carbons (Fsp3) is 0.296. The van der Waals surface area contributed by atoms with Crippen molar-refractivity contribution in [3.8, 4) is 11.3 Å². The third kappa shape index (κ3) is 4.79. The molecule has 1 atom stereocenters. The van der Waals surface area contributed by atoms with E-state index in [-0.39, 0.29) is 24.3 Å². The van der Waals surface area contributed by atoms with Crippen LogP contribution in [0.3, 0.4) is 0 Å². The zero-order valence-electron chi connectivity index (χ0n) is 18.8. The third-order valence-electron chi connectivity index (χ3n) is 6.73. The Morgan fingerprint density at radius 1 is 1.03 bits per heavy atom. The molecular weight excluding hydrogens is 430 g/mol. The Hall–Kier alpha value is -3.71. The van der Waals surface area contributed by atoms with Crippen LogP contribution in [-0.2, 0) is 11.3 Å². The van der Waals surface area contributed by atoms with E-state index in [1.54, 1.807) is 35.4 Å². The maximum absolute atomic E-state index is 13.5. The molecule has 0 saturated carbocycles. The molecule has 3 aliphatic heterocycles. The molecule has 0 spiro atoms. The Bertz CT molecular complexity index is 1160. The highest BCUT2D eigenvalue weighted by molar-refractivity contribution is 5.89. The van der Waals surface area contributed by atoms with E-state index < -0.39 is 5.97 Å². The van der Waals surface area contributed by atoms with Crippen molar-refractivity contribution in [1.29, 1.82) is 0 Å². The molecule has 0 unspecified atom stereocenters. The van der Waals surface area contributed by atoms with Crippen LogP contribution in [-0.4, -0.2) is 52.8 Å². The van der Waals surface area contributed by atoms with Crippen molar-refractivity contribution in [1.82, 2.24) is 9.88 Å². The fourth-order valence-electron chi connectivity index (χ4n) is 4.80. The number of carboxylic acids is 1. The summed E-state index contributed by atoms with van der Waals surface area (Å²) in [7, 11) is 0. The maximum atomic E-state index is 13.5. The molecule has 4 heterocycles. The van der Waals surface area contributed by atoms with E-state index in [0.717, 1.165) is 49.3 Å². The number of carbonyl (C=O) groups excluding carboxylic acids is 1. The predicted octanol–water partition coefficient (Wildman–Crippen LogP) is 4.68. The largest absolute Gasteiger partial charge is 0.478 e. The van der Waals surface area contributed by atoms with Crippen molar-refractivity contribution in [2.75, 3.05) is 24.5 Å². The summed E-state index contributed by atoms with van der Waals surface area (Å²) < 4.78 is 6.06. The molecule has 34 heavy (non-hydrogen) atoms. The number of rotatable bonds is 6. The number of aromatic nitrogens is 1. The van der Waals surface area contributed by atoms with Crippen molar-refractivity contribution in [2.45, 2.75) is 25.5 Å². The van der Waals surface area contributed by atoms with Crippen LogP contribution in [0.25, 0.3) is 11.3 Å². The van der Waals surface area contributed by atoms with Gasteiger partial charge in [0.15, 0.2) is 0 Å². The summed E-state index contributed by atoms with van der Waals surface area (Å²) in [6.07, 6.45) is 3.36. The van der Waals surface area contributed by atoms with Crippen LogP contribution < -0.4 is 4.90 Å². The van der Waals surface area contributed by atoms with Gasteiger partial charge in [-0.05, 0) is 73.8 Å². The number of pyridine rings is 1. The number of benzene rings is 2. The second-order valence-electron chi connectivity index (χ2n) is 8.91. The molecule has 1 aromatic heterocycles. The van der Waals surface area contributed by atoms with Crippen LogP contribution in [0, 0.1) is 5.92 Å². The molecule has 3 saturated heterocycles. The summed E-state index contributed by atoms with van der Waals surface area (Å²) in [4.78, 5) is 33.1. The Morgan fingerprint density at radius 3 is 2.47 bits per heavy atom. The smallest absolute Gasteiger partial charge is 0.414 e. The number of carbonyl (C=O) groups is 2. The van der Waals surface area contributed by atoms with Crippen LogP contribution >= 0.6 is 0 Å². The minimum atomic E-state index is -0.978. The topological polar surface area (TPSA) is 83.0 Å². The summed E-state index contributed by atoms with van der Waals surface area (Å²) >= 11 is 0. The van der Waals surface area contributed by atoms with E-state index in [2.05, 4.69) is 9.88 Å². The standard InChI is InChI=1S/C27H27N3O4/c31-26(32)21-9-7-19(8-10-21)17-30(27(33)34-25-18-29-14-11-20(25)12-15-29)23-5-3-4-22(16-23)24-6-1-2-13-28-24/h1-10,13,16,20,25H,11-12,14-15,17-18H2,(H,31,32)/t25-/m0/s1. The lowest BCUT2D eigenvalue weighted by Gasteiger charge is -2.44. The highest BCUT2D eigenvalue weighted by Crippen LogP contribution is 2.31. The van der Waals surface area contributed by atoms with Crippen LogP contribution in [0.1, 0.15) is 28.8 Å². The number of hydrogen-bond donors (Lipinski definition) is 1. The molecule has 2 aromatic carbocycles. The molecule has 3 fully saturated rings. The average molecular weight is 458 g/mol. The lowest BCUT2D eigenvalue weighted by molar-refractivity contribution is -0.0311. The molecule has 3 aliphatic rings. The highest BCUT2D eigenvalue weighted by Gasteiger charge is 2.37. The number of carboxylic acid groups (broad SMARTS) is 1. The Labute approximate surface area is 198 Å². The van der Waals surface area contributed by atoms with E-state index >= 15 is 0 Å². The van der Waals surface area contributed by atoms with Gasteiger partial charge >= 0.3 is 12.1 Å². The number of nitrogens with zero attached hydrogens (tertiary/aromatic N) is 3. The lowest BCUT2D eigenvalue weighted by Crippen LogP contribution is -2.53. The van der Waals surface area contributed by atoms with Crippen molar-refractivity contribution in [3.63, 3.8) is 0 Å². The molecule has 3 aromatic rings. The van der Waals surface area contributed by atoms with Gasteiger partial charge in [-0.1, -0.05) is 30.3 Å². The molecule has 0 aliphatic carbocycles. The van der Waals surface area contributed by atoms with Crippen molar-refractivity contribution >= 4 is 17.7 Å². The first-order valence-electron chi connectivity index (χ1n) is 11.6. The number of piperidine rings is 3. The minimum Gasteiger partial charge on any atom is -0.478 e. The Morgan fingerprint density at radius 2 is 1.82 bits per heavy atom. The molecule has 1 amide bonds. The van der Waals surface area contributed by atoms with Crippen molar-refractivity contribution < 1.29 is 19.4 Å². The van der Waals surface area contributed by atoms with Gasteiger partial charge in [-0.2, -0.15) is 0 Å². The second kappa shape index (κ2) is 9.65. The van der Waals surface area contributed by atoms with E-state index in [4.69, 9.17) is 4.74 Å². The zero-order chi connectivity index (χ0) is 23.5. The third-order valence-corrected chi connectivity index (χ3v) is 6.73. The van der Waals surface area contributed by atoms with E-state index in [1.807, 2.05) is 42.5 Å². The average Bonchev–Trinajstić information content (AvgIpc) is 2.89.